The molecule has 2 aliphatic carbocycles. The van der Waals surface area contributed by atoms with Gasteiger partial charge >= 0.3 is 0 Å². The quantitative estimate of drug-likeness (QED) is 0.749. The van der Waals surface area contributed by atoms with Gasteiger partial charge in [-0.3, -0.25) is 0 Å². The van der Waals surface area contributed by atoms with Crippen molar-refractivity contribution in [3.8, 4) is 0 Å². The summed E-state index contributed by atoms with van der Waals surface area (Å²) < 4.78 is 0. The summed E-state index contributed by atoms with van der Waals surface area (Å²) in [7, 11) is 0. The number of allylic oxidation sites excluding steroid dienone is 6. The maximum atomic E-state index is 9.36. The molecule has 0 spiro atoms. The summed E-state index contributed by atoms with van der Waals surface area (Å²) >= 11 is 0. The number of aliphatic hydroxyl groups is 2. The van der Waals surface area contributed by atoms with Crippen molar-refractivity contribution >= 4 is 0 Å². The minimum atomic E-state index is 0.0894. The van der Waals surface area contributed by atoms with Gasteiger partial charge in [-0.2, -0.15) is 0 Å². The van der Waals surface area contributed by atoms with Gasteiger partial charge in [0.15, 0.2) is 0 Å². The summed E-state index contributed by atoms with van der Waals surface area (Å²) in [5.41, 5.74) is 0.179. The van der Waals surface area contributed by atoms with Crippen molar-refractivity contribution in [3.63, 3.8) is 0 Å². The zero-order valence-corrected chi connectivity index (χ0v) is 10.5. The van der Waals surface area contributed by atoms with Gasteiger partial charge in [-0.1, -0.05) is 26.0 Å². The molecule has 0 heterocycles. The van der Waals surface area contributed by atoms with Crippen molar-refractivity contribution in [3.05, 3.63) is 48.0 Å². The minimum absolute atomic E-state index is 0.0894. The van der Waals surface area contributed by atoms with E-state index in [-0.39, 0.29) is 10.8 Å². The molecule has 0 fully saturated rings. The molecule has 2 heteroatoms. The average Bonchev–Trinajstić information content (AvgIpc) is 2.28. The summed E-state index contributed by atoms with van der Waals surface area (Å²) in [5.74, 6) is 0.730. The van der Waals surface area contributed by atoms with Gasteiger partial charge < -0.3 is 10.2 Å². The summed E-state index contributed by atoms with van der Waals surface area (Å²) in [5, 5.41) is 18.7. The summed E-state index contributed by atoms with van der Waals surface area (Å²) in [6.07, 6.45) is 14.3. The molecule has 0 aromatic carbocycles. The van der Waals surface area contributed by atoms with Gasteiger partial charge in [0.05, 0.1) is 0 Å². The van der Waals surface area contributed by atoms with E-state index in [4.69, 9.17) is 0 Å². The fourth-order valence-electron chi connectivity index (χ4n) is 2.71. The molecule has 92 valence electrons. The van der Waals surface area contributed by atoms with Crippen molar-refractivity contribution in [2.24, 2.45) is 10.8 Å². The third-order valence-electron chi connectivity index (χ3n) is 3.68. The average molecular weight is 232 g/mol. The van der Waals surface area contributed by atoms with Crippen LogP contribution in [0.4, 0.5) is 0 Å². The summed E-state index contributed by atoms with van der Waals surface area (Å²) in [6, 6.07) is 0. The van der Waals surface area contributed by atoms with E-state index in [0.29, 0.717) is 11.5 Å². The molecule has 2 nitrogen and oxygen atoms in total. The second-order valence-corrected chi connectivity index (χ2v) is 5.82. The Kier molecular flexibility index (Phi) is 2.90. The topological polar surface area (TPSA) is 40.5 Å². The van der Waals surface area contributed by atoms with Crippen LogP contribution < -0.4 is 0 Å². The van der Waals surface area contributed by atoms with E-state index in [1.54, 1.807) is 12.2 Å². The van der Waals surface area contributed by atoms with Crippen LogP contribution in [0.15, 0.2) is 48.0 Å². The smallest absolute Gasteiger partial charge is 0.111 e. The van der Waals surface area contributed by atoms with Gasteiger partial charge in [-0.25, -0.2) is 0 Å². The van der Waals surface area contributed by atoms with Crippen molar-refractivity contribution in [2.45, 2.75) is 33.1 Å². The SMILES string of the molecule is CC1(CC2(C)C=CC(O)=CC2)C=CC(O)=CC1. The highest BCUT2D eigenvalue weighted by molar-refractivity contribution is 5.25. The third-order valence-corrected chi connectivity index (χ3v) is 3.68. The molecule has 0 amide bonds. The molecule has 17 heavy (non-hydrogen) atoms. The first kappa shape index (κ1) is 12.0. The molecule has 2 aliphatic rings. The molecule has 0 aliphatic heterocycles. The second kappa shape index (κ2) is 4.10. The lowest BCUT2D eigenvalue weighted by Gasteiger charge is -2.37. The molecular weight excluding hydrogens is 212 g/mol. The number of hydrogen-bond donors (Lipinski definition) is 2. The van der Waals surface area contributed by atoms with Crippen molar-refractivity contribution in [1.29, 1.82) is 0 Å². The molecule has 2 atom stereocenters. The molecule has 0 saturated carbocycles. The maximum Gasteiger partial charge on any atom is 0.111 e. The van der Waals surface area contributed by atoms with Gasteiger partial charge in [-0.15, -0.1) is 0 Å². The zero-order valence-electron chi connectivity index (χ0n) is 10.5. The van der Waals surface area contributed by atoms with Gasteiger partial charge in [-0.05, 0) is 54.4 Å². The van der Waals surface area contributed by atoms with Crippen LogP contribution in [-0.2, 0) is 0 Å². The Bertz CT molecular complexity index is 388. The van der Waals surface area contributed by atoms with Gasteiger partial charge in [0.2, 0.25) is 0 Å². The summed E-state index contributed by atoms with van der Waals surface area (Å²) in [6.45, 7) is 4.42. The normalized spacial score (nSPS) is 36.6. The van der Waals surface area contributed by atoms with Crippen LogP contribution in [-0.4, -0.2) is 10.2 Å². The van der Waals surface area contributed by atoms with E-state index < -0.39 is 0 Å². The van der Waals surface area contributed by atoms with Gasteiger partial charge in [0.25, 0.3) is 0 Å². The Morgan fingerprint density at radius 3 is 1.65 bits per heavy atom. The predicted octanol–water partition coefficient (Wildman–Crippen LogP) is 4.19. The van der Waals surface area contributed by atoms with E-state index in [1.807, 2.05) is 12.2 Å². The summed E-state index contributed by atoms with van der Waals surface area (Å²) in [4.78, 5) is 0. The first-order chi connectivity index (χ1) is 7.91. The second-order valence-electron chi connectivity index (χ2n) is 5.82. The molecular formula is C15H20O2. The molecule has 0 aromatic rings. The van der Waals surface area contributed by atoms with Crippen LogP contribution in [0.5, 0.6) is 0 Å². The lowest BCUT2D eigenvalue weighted by atomic mass is 9.67. The largest absolute Gasteiger partial charge is 0.508 e. The highest BCUT2D eigenvalue weighted by atomic mass is 16.3. The Balaban J connectivity index is 2.07. The van der Waals surface area contributed by atoms with Gasteiger partial charge in [0.1, 0.15) is 11.5 Å². The van der Waals surface area contributed by atoms with E-state index in [1.165, 1.54) is 0 Å². The number of rotatable bonds is 2. The highest BCUT2D eigenvalue weighted by Gasteiger charge is 2.33. The van der Waals surface area contributed by atoms with E-state index in [0.717, 1.165) is 19.3 Å². The zero-order chi connectivity index (χ0) is 12.5. The number of hydrogen-bond acceptors (Lipinski definition) is 2. The molecule has 2 N–H and O–H groups in total. The predicted molar refractivity (Wildman–Crippen MR) is 69.8 cm³/mol. The first-order valence-corrected chi connectivity index (χ1v) is 6.08. The Hall–Kier alpha value is -1.44. The van der Waals surface area contributed by atoms with Crippen LogP contribution >= 0.6 is 0 Å². The Morgan fingerprint density at radius 2 is 1.35 bits per heavy atom. The van der Waals surface area contributed by atoms with E-state index in [9.17, 15) is 10.2 Å². The standard InChI is InChI=1S/C15H20O2/c1-14(7-3-12(16)4-8-14)11-15(2)9-5-13(17)6-10-15/h3-7,9,16-17H,8,10-11H2,1-2H3. The first-order valence-electron chi connectivity index (χ1n) is 6.08. The third kappa shape index (κ3) is 2.82. The van der Waals surface area contributed by atoms with Crippen LogP contribution in [0, 0.1) is 10.8 Å². The fraction of sp³-hybridized carbons (Fsp3) is 0.467. The fourth-order valence-corrected chi connectivity index (χ4v) is 2.71. The molecule has 2 rings (SSSR count). The van der Waals surface area contributed by atoms with Crippen LogP contribution in [0.3, 0.4) is 0 Å². The molecule has 0 saturated heterocycles. The van der Waals surface area contributed by atoms with E-state index >= 15 is 0 Å². The van der Waals surface area contributed by atoms with Crippen LogP contribution in [0.1, 0.15) is 33.1 Å². The van der Waals surface area contributed by atoms with Crippen molar-refractivity contribution in [2.75, 3.05) is 0 Å². The van der Waals surface area contributed by atoms with E-state index in [2.05, 4.69) is 26.0 Å². The monoisotopic (exact) mass is 232 g/mol. The molecule has 0 aromatic heterocycles. The minimum Gasteiger partial charge on any atom is -0.508 e. The van der Waals surface area contributed by atoms with Gasteiger partial charge in [0, 0.05) is 0 Å². The lowest BCUT2D eigenvalue weighted by Crippen LogP contribution is -2.26. The molecule has 0 bridgehead atoms. The van der Waals surface area contributed by atoms with Crippen molar-refractivity contribution < 1.29 is 10.2 Å². The van der Waals surface area contributed by atoms with Crippen molar-refractivity contribution in [1.82, 2.24) is 0 Å². The molecule has 2 unspecified atom stereocenters. The maximum absolute atomic E-state index is 9.36. The highest BCUT2D eigenvalue weighted by Crippen LogP contribution is 2.44. The van der Waals surface area contributed by atoms with Crippen LogP contribution in [0.2, 0.25) is 0 Å². The Morgan fingerprint density at radius 1 is 0.941 bits per heavy atom. The lowest BCUT2D eigenvalue weighted by molar-refractivity contribution is 0.244. The molecule has 0 radical (unpaired) electrons. The Labute approximate surface area is 103 Å². The number of aliphatic hydroxyl groups excluding tert-OH is 2. The van der Waals surface area contributed by atoms with Crippen LogP contribution in [0.25, 0.3) is 0 Å².